The third-order valence-corrected chi connectivity index (χ3v) is 12.2. The number of ketones is 1. The van der Waals surface area contributed by atoms with Gasteiger partial charge in [0.25, 0.3) is 0 Å². The molecule has 0 N–H and O–H groups in total. The maximum absolute atomic E-state index is 15.4. The van der Waals surface area contributed by atoms with Crippen molar-refractivity contribution < 1.29 is 14.3 Å². The lowest BCUT2D eigenvalue weighted by atomic mass is 9.81. The average molecular weight is 593 g/mol. The van der Waals surface area contributed by atoms with Crippen molar-refractivity contribution in [1.82, 2.24) is 0 Å². The Morgan fingerprint density at radius 2 is 1.12 bits per heavy atom. The molecule has 0 fully saturated rings. The molecule has 4 heteroatoms. The Kier molecular flexibility index (Phi) is 11.0. The van der Waals surface area contributed by atoms with Crippen LogP contribution in [0.25, 0.3) is 0 Å². The van der Waals surface area contributed by atoms with Gasteiger partial charge in [-0.05, 0) is 61.5 Å². The van der Waals surface area contributed by atoms with Crippen LogP contribution in [0.15, 0.2) is 121 Å². The SMILES string of the molecule is CCCCC(C)C(Cc1ccccc1)C(=O)C(C(=O)OC(C)(C)C)=P(c1ccccc1)(c1ccccc1)c1ccccc1. The number of hydrogen-bond acceptors (Lipinski definition) is 3. The summed E-state index contributed by atoms with van der Waals surface area (Å²) < 4.78 is 6.18. The summed E-state index contributed by atoms with van der Waals surface area (Å²) in [6.07, 6.45) is 3.55. The van der Waals surface area contributed by atoms with E-state index in [0.29, 0.717) is 6.42 Å². The van der Waals surface area contributed by atoms with Gasteiger partial charge in [0.1, 0.15) is 10.9 Å². The van der Waals surface area contributed by atoms with E-state index in [0.717, 1.165) is 40.7 Å². The molecule has 0 amide bonds. The van der Waals surface area contributed by atoms with Gasteiger partial charge in [0.2, 0.25) is 0 Å². The first-order chi connectivity index (χ1) is 20.7. The Morgan fingerprint density at radius 1 is 0.698 bits per heavy atom. The number of hydrogen-bond donors (Lipinski definition) is 0. The summed E-state index contributed by atoms with van der Waals surface area (Å²) in [6.45, 7) is 6.95. The molecule has 0 heterocycles. The number of esters is 1. The summed E-state index contributed by atoms with van der Waals surface area (Å²) >= 11 is 0. The van der Waals surface area contributed by atoms with Crippen LogP contribution in [0.2, 0.25) is 0 Å². The summed E-state index contributed by atoms with van der Waals surface area (Å²) in [5.41, 5.74) is 0.321. The smallest absolute Gasteiger partial charge is 0.343 e. The van der Waals surface area contributed by atoms with Crippen molar-refractivity contribution in [3.8, 4) is 0 Å². The normalized spacial score (nSPS) is 13.1. The molecular weight excluding hydrogens is 547 g/mol. The molecule has 0 aliphatic rings. The highest BCUT2D eigenvalue weighted by Crippen LogP contribution is 2.48. The number of benzene rings is 4. The lowest BCUT2D eigenvalue weighted by Gasteiger charge is -2.34. The lowest BCUT2D eigenvalue weighted by molar-refractivity contribution is -0.146. The Bertz CT molecular complexity index is 1420. The molecule has 4 aromatic rings. The molecule has 0 radical (unpaired) electrons. The first kappa shape index (κ1) is 32.2. The van der Waals surface area contributed by atoms with E-state index in [1.54, 1.807) is 0 Å². The number of unbranched alkanes of at least 4 members (excludes halogenated alkanes) is 1. The van der Waals surface area contributed by atoms with Crippen molar-refractivity contribution in [3.63, 3.8) is 0 Å². The summed E-state index contributed by atoms with van der Waals surface area (Å²) in [4.78, 5) is 30.1. The number of carbonyl (C=O) groups excluding carboxylic acids is 2. The highest BCUT2D eigenvalue weighted by atomic mass is 31.2. The lowest BCUT2D eigenvalue weighted by Crippen LogP contribution is -2.44. The quantitative estimate of drug-likeness (QED) is 0.0960. The fourth-order valence-electron chi connectivity index (χ4n) is 5.84. The predicted octanol–water partition coefficient (Wildman–Crippen LogP) is 7.75. The van der Waals surface area contributed by atoms with Crippen LogP contribution >= 0.6 is 6.89 Å². The second kappa shape index (κ2) is 14.7. The molecule has 43 heavy (non-hydrogen) atoms. The van der Waals surface area contributed by atoms with Crippen LogP contribution in [0.5, 0.6) is 0 Å². The van der Waals surface area contributed by atoms with Crippen LogP contribution in [-0.4, -0.2) is 22.6 Å². The second-order valence-corrected chi connectivity index (χ2v) is 15.6. The van der Waals surface area contributed by atoms with Gasteiger partial charge in [-0.25, -0.2) is 4.79 Å². The number of ether oxygens (including phenoxy) is 1. The van der Waals surface area contributed by atoms with E-state index in [2.05, 4.69) is 62.4 Å². The minimum absolute atomic E-state index is 0.0781. The topological polar surface area (TPSA) is 43.4 Å². The maximum Gasteiger partial charge on any atom is 0.343 e. The fourth-order valence-corrected chi connectivity index (χ4v) is 10.2. The molecule has 0 spiro atoms. The van der Waals surface area contributed by atoms with Crippen LogP contribution in [-0.2, 0) is 20.7 Å². The second-order valence-electron chi connectivity index (χ2n) is 12.3. The Balaban J connectivity index is 2.16. The summed E-state index contributed by atoms with van der Waals surface area (Å²) in [5.74, 6) is -0.934. The zero-order chi connectivity index (χ0) is 30.9. The highest BCUT2D eigenvalue weighted by molar-refractivity contribution is 7.97. The fraction of sp³-hybridized carbons (Fsp3) is 0.308. The van der Waals surface area contributed by atoms with E-state index in [1.165, 1.54) is 0 Å². The molecule has 0 aromatic heterocycles. The zero-order valence-corrected chi connectivity index (χ0v) is 27.1. The van der Waals surface area contributed by atoms with E-state index in [-0.39, 0.29) is 22.9 Å². The van der Waals surface area contributed by atoms with Crippen LogP contribution in [0, 0.1) is 11.8 Å². The van der Waals surface area contributed by atoms with Crippen molar-refractivity contribution in [2.24, 2.45) is 11.8 Å². The van der Waals surface area contributed by atoms with Gasteiger partial charge < -0.3 is 4.74 Å². The standard InChI is InChI=1S/C39H45O3P/c1-6-7-20-30(2)35(29-31-21-12-8-13-22-31)36(40)37(38(41)42-39(3,4)5)43(32-23-14-9-15-24-32,33-25-16-10-17-26-33)34-27-18-11-19-28-34/h8-19,21-28,30,35H,6-7,20,29H2,1-5H3. The van der Waals surface area contributed by atoms with Crippen LogP contribution in [0.4, 0.5) is 0 Å². The van der Waals surface area contributed by atoms with Crippen molar-refractivity contribution >= 4 is 39.8 Å². The summed E-state index contributed by atoms with van der Waals surface area (Å²) in [5, 5.41) is 3.15. The van der Waals surface area contributed by atoms with Crippen LogP contribution < -0.4 is 15.9 Å². The largest absolute Gasteiger partial charge is 0.456 e. The molecular formula is C39H45O3P. The Morgan fingerprint density at radius 3 is 1.51 bits per heavy atom. The summed E-state index contributed by atoms with van der Waals surface area (Å²) in [7, 11) is 0. The Hall–Kier alpha value is -3.68. The Labute approximate surface area is 258 Å². The van der Waals surface area contributed by atoms with Crippen molar-refractivity contribution in [1.29, 1.82) is 0 Å². The highest BCUT2D eigenvalue weighted by Gasteiger charge is 2.42. The van der Waals surface area contributed by atoms with Gasteiger partial charge in [0, 0.05) is 5.92 Å². The van der Waals surface area contributed by atoms with E-state index in [4.69, 9.17) is 4.74 Å². The molecule has 0 bridgehead atoms. The third-order valence-electron chi connectivity index (χ3n) is 7.93. The number of Topliss-reactive ketones (excluding diaryl/α,β-unsaturated/α-hetero) is 1. The van der Waals surface area contributed by atoms with Gasteiger partial charge in [-0.2, -0.15) is 0 Å². The molecule has 4 rings (SSSR count). The van der Waals surface area contributed by atoms with Crippen LogP contribution in [0.1, 0.15) is 59.4 Å². The molecule has 4 aromatic carbocycles. The van der Waals surface area contributed by atoms with Gasteiger partial charge in [0.05, 0.1) is 0 Å². The van der Waals surface area contributed by atoms with Gasteiger partial charge >= 0.3 is 5.97 Å². The van der Waals surface area contributed by atoms with Crippen molar-refractivity contribution in [2.75, 3.05) is 0 Å². The van der Waals surface area contributed by atoms with Gasteiger partial charge in [-0.15, -0.1) is 0 Å². The van der Waals surface area contributed by atoms with E-state index >= 15 is 4.79 Å². The third kappa shape index (κ3) is 7.64. The molecule has 0 saturated carbocycles. The minimum Gasteiger partial charge on any atom is -0.456 e. The van der Waals surface area contributed by atoms with Gasteiger partial charge in [0.15, 0.2) is 5.78 Å². The molecule has 2 atom stereocenters. The zero-order valence-electron chi connectivity index (χ0n) is 26.2. The average Bonchev–Trinajstić information content (AvgIpc) is 3.02. The molecule has 3 nitrogen and oxygen atoms in total. The van der Waals surface area contributed by atoms with Crippen molar-refractivity contribution in [2.45, 2.75) is 65.9 Å². The first-order valence-corrected chi connectivity index (χ1v) is 17.2. The van der Waals surface area contributed by atoms with E-state index < -0.39 is 18.5 Å². The molecule has 0 aliphatic heterocycles. The number of carbonyl (C=O) groups is 2. The molecule has 0 saturated heterocycles. The van der Waals surface area contributed by atoms with Gasteiger partial charge in [-0.1, -0.05) is 154 Å². The van der Waals surface area contributed by atoms with E-state index in [9.17, 15) is 4.79 Å². The van der Waals surface area contributed by atoms with Crippen molar-refractivity contribution in [3.05, 3.63) is 127 Å². The molecule has 224 valence electrons. The predicted molar refractivity (Wildman–Crippen MR) is 183 cm³/mol. The van der Waals surface area contributed by atoms with Gasteiger partial charge in [-0.3, -0.25) is 4.79 Å². The summed E-state index contributed by atoms with van der Waals surface area (Å²) in [6, 6.07) is 40.5. The van der Waals surface area contributed by atoms with Crippen LogP contribution in [0.3, 0.4) is 0 Å². The maximum atomic E-state index is 15.4. The minimum atomic E-state index is -2.99. The monoisotopic (exact) mass is 592 g/mol. The molecule has 0 aliphatic carbocycles. The number of rotatable bonds is 12. The molecule has 2 unspecified atom stereocenters. The van der Waals surface area contributed by atoms with E-state index in [1.807, 2.05) is 93.6 Å². The first-order valence-electron chi connectivity index (χ1n) is 15.4.